The number of guanidine groups is 1. The van der Waals surface area contributed by atoms with Crippen LogP contribution in [0.1, 0.15) is 26.3 Å². The summed E-state index contributed by atoms with van der Waals surface area (Å²) in [4.78, 5) is 4.16. The van der Waals surface area contributed by atoms with Crippen molar-refractivity contribution in [3.8, 4) is 0 Å². The fraction of sp³-hybridized carbons (Fsp3) is 0.636. The molecule has 2 N–H and O–H groups in total. The van der Waals surface area contributed by atoms with Crippen LogP contribution in [0, 0.1) is 0 Å². The lowest BCUT2D eigenvalue weighted by Crippen LogP contribution is -2.47. The Hall–Kier alpha value is -1.52. The number of rotatable bonds is 2. The normalized spacial score (nSPS) is 12.7. The Morgan fingerprint density at radius 1 is 1.50 bits per heavy atom. The summed E-state index contributed by atoms with van der Waals surface area (Å²) in [7, 11) is 3.68. The third-order valence-electron chi connectivity index (χ3n) is 1.94. The van der Waals surface area contributed by atoms with Crippen molar-refractivity contribution in [1.82, 2.24) is 20.4 Å². The van der Waals surface area contributed by atoms with Crippen molar-refractivity contribution in [2.45, 2.75) is 32.9 Å². The Morgan fingerprint density at radius 2 is 2.19 bits per heavy atom. The lowest BCUT2D eigenvalue weighted by molar-refractivity contribution is 0.501. The lowest BCUT2D eigenvalue weighted by Gasteiger charge is -2.23. The smallest absolute Gasteiger partial charge is 0.191 e. The van der Waals surface area contributed by atoms with Gasteiger partial charge in [0.25, 0.3) is 0 Å². The van der Waals surface area contributed by atoms with Crippen LogP contribution in [-0.2, 0) is 13.6 Å². The van der Waals surface area contributed by atoms with Crippen molar-refractivity contribution in [3.05, 3.63) is 18.0 Å². The van der Waals surface area contributed by atoms with Crippen LogP contribution in [0.4, 0.5) is 0 Å². The summed E-state index contributed by atoms with van der Waals surface area (Å²) in [5.74, 6) is 0.802. The molecule has 0 atom stereocenters. The first-order valence-electron chi connectivity index (χ1n) is 5.37. The zero-order valence-corrected chi connectivity index (χ0v) is 10.7. The Morgan fingerprint density at radius 3 is 2.62 bits per heavy atom. The molecule has 0 bridgehead atoms. The number of aryl methyl sites for hydroxylation is 1. The zero-order chi connectivity index (χ0) is 12.2. The van der Waals surface area contributed by atoms with Gasteiger partial charge in [-0.15, -0.1) is 0 Å². The molecule has 0 saturated heterocycles. The molecule has 5 heteroatoms. The quantitative estimate of drug-likeness (QED) is 0.578. The summed E-state index contributed by atoms with van der Waals surface area (Å²) in [5, 5.41) is 10.6. The second-order valence-corrected chi connectivity index (χ2v) is 4.82. The van der Waals surface area contributed by atoms with E-state index in [1.165, 1.54) is 0 Å². The SMILES string of the molecule is CN=C(NCc1cnn(C)c1)NC(C)(C)C. The highest BCUT2D eigenvalue weighted by molar-refractivity contribution is 5.80. The summed E-state index contributed by atoms with van der Waals surface area (Å²) in [6, 6.07) is 0. The first-order valence-corrected chi connectivity index (χ1v) is 5.37. The molecule has 1 aromatic rings. The summed E-state index contributed by atoms with van der Waals surface area (Å²) in [6.07, 6.45) is 3.83. The molecule has 0 fully saturated rings. The molecular weight excluding hydrogens is 202 g/mol. The van der Waals surface area contributed by atoms with Gasteiger partial charge in [0.2, 0.25) is 0 Å². The first kappa shape index (κ1) is 12.5. The molecule has 0 aliphatic heterocycles. The third-order valence-corrected chi connectivity index (χ3v) is 1.94. The second kappa shape index (κ2) is 5.01. The molecule has 90 valence electrons. The fourth-order valence-electron chi connectivity index (χ4n) is 1.28. The van der Waals surface area contributed by atoms with Crippen LogP contribution in [0.25, 0.3) is 0 Å². The van der Waals surface area contributed by atoms with E-state index < -0.39 is 0 Å². The van der Waals surface area contributed by atoms with Crippen molar-refractivity contribution < 1.29 is 0 Å². The maximum atomic E-state index is 4.16. The van der Waals surface area contributed by atoms with Crippen LogP contribution in [0.15, 0.2) is 17.4 Å². The van der Waals surface area contributed by atoms with Crippen LogP contribution in [0.2, 0.25) is 0 Å². The van der Waals surface area contributed by atoms with Crippen LogP contribution >= 0.6 is 0 Å². The Labute approximate surface area is 97.0 Å². The Balaban J connectivity index is 2.47. The molecule has 1 heterocycles. The van der Waals surface area contributed by atoms with Gasteiger partial charge in [-0.05, 0) is 20.8 Å². The van der Waals surface area contributed by atoms with E-state index in [1.807, 2.05) is 19.4 Å². The van der Waals surface area contributed by atoms with E-state index in [0.29, 0.717) is 0 Å². The van der Waals surface area contributed by atoms with Gasteiger partial charge in [-0.3, -0.25) is 9.67 Å². The van der Waals surface area contributed by atoms with E-state index in [1.54, 1.807) is 11.7 Å². The van der Waals surface area contributed by atoms with Crippen molar-refractivity contribution in [3.63, 3.8) is 0 Å². The predicted molar refractivity (Wildman–Crippen MR) is 66.3 cm³/mol. The van der Waals surface area contributed by atoms with Gasteiger partial charge in [0.1, 0.15) is 0 Å². The Bertz CT molecular complexity index is 359. The molecule has 0 aliphatic rings. The molecule has 0 saturated carbocycles. The zero-order valence-electron chi connectivity index (χ0n) is 10.7. The molecule has 1 aromatic heterocycles. The molecule has 0 aromatic carbocycles. The highest BCUT2D eigenvalue weighted by Gasteiger charge is 2.11. The largest absolute Gasteiger partial charge is 0.352 e. The third kappa shape index (κ3) is 4.33. The number of aromatic nitrogens is 2. The average Bonchev–Trinajstić information content (AvgIpc) is 2.57. The van der Waals surface area contributed by atoms with Crippen molar-refractivity contribution >= 4 is 5.96 Å². The maximum Gasteiger partial charge on any atom is 0.191 e. The minimum atomic E-state index is 0.0107. The van der Waals surface area contributed by atoms with E-state index in [-0.39, 0.29) is 5.54 Å². The minimum Gasteiger partial charge on any atom is -0.352 e. The van der Waals surface area contributed by atoms with Gasteiger partial charge < -0.3 is 10.6 Å². The van der Waals surface area contributed by atoms with Crippen LogP contribution in [0.5, 0.6) is 0 Å². The molecule has 1 rings (SSSR count). The van der Waals surface area contributed by atoms with Gasteiger partial charge in [0.05, 0.1) is 6.20 Å². The molecule has 0 amide bonds. The van der Waals surface area contributed by atoms with Crippen LogP contribution < -0.4 is 10.6 Å². The summed E-state index contributed by atoms with van der Waals surface area (Å²) >= 11 is 0. The van der Waals surface area contributed by atoms with Gasteiger partial charge in [-0.2, -0.15) is 5.10 Å². The molecule has 0 radical (unpaired) electrons. The summed E-state index contributed by atoms with van der Waals surface area (Å²) < 4.78 is 1.79. The van der Waals surface area contributed by atoms with E-state index >= 15 is 0 Å². The maximum absolute atomic E-state index is 4.16. The number of aliphatic imine (C=N–C) groups is 1. The highest BCUT2D eigenvalue weighted by atomic mass is 15.2. The highest BCUT2D eigenvalue weighted by Crippen LogP contribution is 1.99. The van der Waals surface area contributed by atoms with E-state index in [0.717, 1.165) is 18.1 Å². The van der Waals surface area contributed by atoms with Gasteiger partial charge in [-0.1, -0.05) is 0 Å². The van der Waals surface area contributed by atoms with Crippen molar-refractivity contribution in [2.75, 3.05) is 7.05 Å². The summed E-state index contributed by atoms with van der Waals surface area (Å²) in [5.41, 5.74) is 1.15. The Kier molecular flexibility index (Phi) is 3.93. The van der Waals surface area contributed by atoms with Gasteiger partial charge in [0, 0.05) is 37.9 Å². The monoisotopic (exact) mass is 223 g/mol. The van der Waals surface area contributed by atoms with Crippen molar-refractivity contribution in [1.29, 1.82) is 0 Å². The fourth-order valence-corrected chi connectivity index (χ4v) is 1.28. The molecule has 0 spiro atoms. The summed E-state index contributed by atoms with van der Waals surface area (Å²) in [6.45, 7) is 7.03. The van der Waals surface area contributed by atoms with Crippen LogP contribution in [0.3, 0.4) is 0 Å². The molecule has 16 heavy (non-hydrogen) atoms. The second-order valence-electron chi connectivity index (χ2n) is 4.82. The van der Waals surface area contributed by atoms with Gasteiger partial charge in [-0.25, -0.2) is 0 Å². The minimum absolute atomic E-state index is 0.0107. The standard InChI is InChI=1S/C11H21N5/c1-11(2,3)15-10(12-4)13-6-9-7-14-16(5)8-9/h7-8H,6H2,1-5H3,(H2,12,13,15). The lowest BCUT2D eigenvalue weighted by atomic mass is 10.1. The number of nitrogens with zero attached hydrogens (tertiary/aromatic N) is 3. The van der Waals surface area contributed by atoms with Gasteiger partial charge >= 0.3 is 0 Å². The van der Waals surface area contributed by atoms with E-state index in [9.17, 15) is 0 Å². The van der Waals surface area contributed by atoms with Gasteiger partial charge in [0.15, 0.2) is 5.96 Å². The molecule has 0 unspecified atom stereocenters. The number of hydrogen-bond acceptors (Lipinski definition) is 2. The topological polar surface area (TPSA) is 54.2 Å². The van der Waals surface area contributed by atoms with Crippen molar-refractivity contribution in [2.24, 2.45) is 12.0 Å². The molecular formula is C11H21N5. The number of nitrogens with one attached hydrogen (secondary N) is 2. The molecule has 0 aliphatic carbocycles. The predicted octanol–water partition coefficient (Wildman–Crippen LogP) is 0.884. The first-order chi connectivity index (χ1) is 7.40. The average molecular weight is 223 g/mol. The van der Waals surface area contributed by atoms with Crippen LogP contribution in [-0.4, -0.2) is 28.3 Å². The van der Waals surface area contributed by atoms with E-state index in [4.69, 9.17) is 0 Å². The van der Waals surface area contributed by atoms with E-state index in [2.05, 4.69) is 41.5 Å². The number of hydrogen-bond donors (Lipinski definition) is 2. The molecule has 5 nitrogen and oxygen atoms in total.